The van der Waals surface area contributed by atoms with Gasteiger partial charge in [0, 0.05) is 25.6 Å². The molecule has 9 heteroatoms. The fourth-order valence-corrected chi connectivity index (χ4v) is 5.02. The van der Waals surface area contributed by atoms with E-state index in [1.807, 2.05) is 4.90 Å². The van der Waals surface area contributed by atoms with E-state index in [-0.39, 0.29) is 43.1 Å². The van der Waals surface area contributed by atoms with Crippen LogP contribution in [0.1, 0.15) is 52.0 Å². The number of para-hydroxylation sites is 1. The molecule has 0 aromatic heterocycles. The van der Waals surface area contributed by atoms with Crippen molar-refractivity contribution in [3.8, 4) is 0 Å². The number of rotatable bonds is 6. The highest BCUT2D eigenvalue weighted by Crippen LogP contribution is 2.36. The molecule has 0 spiro atoms. The number of amides is 3. The molecule has 2 aliphatic rings. The first-order valence-corrected chi connectivity index (χ1v) is 11.6. The summed E-state index contributed by atoms with van der Waals surface area (Å²) in [7, 11) is 0. The molecular weight excluding hydrogens is 435 g/mol. The average molecular weight is 468 g/mol. The van der Waals surface area contributed by atoms with Crippen LogP contribution in [0.25, 0.3) is 0 Å². The lowest BCUT2D eigenvalue weighted by atomic mass is 9.77. The summed E-state index contributed by atoms with van der Waals surface area (Å²) in [5.74, 6) is -0.738. The number of nitrogens with one attached hydrogen (secondary N) is 1. The Balaban J connectivity index is 1.64. The number of hydrogen-bond acceptors (Lipinski definition) is 3. The van der Waals surface area contributed by atoms with Crippen LogP contribution in [0, 0.1) is 17.8 Å². The summed E-state index contributed by atoms with van der Waals surface area (Å²) in [5, 5.41) is 2.28. The van der Waals surface area contributed by atoms with Crippen LogP contribution in [-0.4, -0.2) is 53.2 Å². The number of likely N-dealkylation sites (N-methyl/N-ethyl adjacent to an activating group) is 1. The molecule has 0 bridgehead atoms. The average Bonchev–Trinajstić information content (AvgIpc) is 3.14. The van der Waals surface area contributed by atoms with Crippen LogP contribution in [0.3, 0.4) is 0 Å². The van der Waals surface area contributed by atoms with E-state index in [0.717, 1.165) is 25.3 Å². The van der Waals surface area contributed by atoms with Crippen LogP contribution in [0.4, 0.5) is 18.9 Å². The summed E-state index contributed by atoms with van der Waals surface area (Å²) in [5.41, 5.74) is -1.29. The van der Waals surface area contributed by atoms with Gasteiger partial charge in [0.05, 0.1) is 23.7 Å². The van der Waals surface area contributed by atoms with Crippen molar-refractivity contribution in [2.75, 3.05) is 25.0 Å². The lowest BCUT2D eigenvalue weighted by Crippen LogP contribution is -2.46. The highest BCUT2D eigenvalue weighted by molar-refractivity contribution is 5.96. The molecule has 1 saturated carbocycles. The van der Waals surface area contributed by atoms with E-state index >= 15 is 0 Å². The smallest absolute Gasteiger partial charge is 0.339 e. The first-order chi connectivity index (χ1) is 15.5. The van der Waals surface area contributed by atoms with Gasteiger partial charge < -0.3 is 15.1 Å². The van der Waals surface area contributed by atoms with E-state index in [2.05, 4.69) is 19.2 Å². The Labute approximate surface area is 192 Å². The van der Waals surface area contributed by atoms with Crippen LogP contribution < -0.4 is 5.32 Å². The van der Waals surface area contributed by atoms with Gasteiger partial charge in [-0.3, -0.25) is 14.4 Å². The summed E-state index contributed by atoms with van der Waals surface area (Å²) in [4.78, 5) is 41.4. The Morgan fingerprint density at radius 2 is 1.88 bits per heavy atom. The van der Waals surface area contributed by atoms with Crippen LogP contribution in [0.2, 0.25) is 0 Å². The van der Waals surface area contributed by atoms with Crippen molar-refractivity contribution >= 4 is 23.4 Å². The summed E-state index contributed by atoms with van der Waals surface area (Å²) in [6, 6.07) is 4.84. The van der Waals surface area contributed by atoms with Crippen molar-refractivity contribution < 1.29 is 27.6 Å². The summed E-state index contributed by atoms with van der Waals surface area (Å²) in [6.45, 7) is 6.22. The van der Waals surface area contributed by atoms with Gasteiger partial charge in [-0.05, 0) is 37.3 Å². The van der Waals surface area contributed by atoms with E-state index < -0.39 is 23.6 Å². The third-order valence-electron chi connectivity index (χ3n) is 7.11. The Morgan fingerprint density at radius 1 is 1.18 bits per heavy atom. The van der Waals surface area contributed by atoms with Gasteiger partial charge in [-0.25, -0.2) is 0 Å². The zero-order chi connectivity index (χ0) is 24.3. The minimum absolute atomic E-state index is 0.0427. The quantitative estimate of drug-likeness (QED) is 0.683. The molecule has 33 heavy (non-hydrogen) atoms. The maximum absolute atomic E-state index is 13.2. The highest BCUT2D eigenvalue weighted by atomic mass is 19.4. The van der Waals surface area contributed by atoms with Gasteiger partial charge in [0.25, 0.3) is 0 Å². The lowest BCUT2D eigenvalue weighted by Gasteiger charge is -2.40. The second-order valence-electron chi connectivity index (χ2n) is 9.23. The van der Waals surface area contributed by atoms with Crippen LogP contribution in [-0.2, 0) is 20.6 Å². The second-order valence-corrected chi connectivity index (χ2v) is 9.23. The molecule has 1 saturated heterocycles. The van der Waals surface area contributed by atoms with Crippen molar-refractivity contribution in [3.05, 3.63) is 29.8 Å². The molecular formula is C24H32F3N3O3. The zero-order valence-corrected chi connectivity index (χ0v) is 19.3. The number of benzene rings is 1. The van der Waals surface area contributed by atoms with Crippen LogP contribution in [0.5, 0.6) is 0 Å². The van der Waals surface area contributed by atoms with Gasteiger partial charge in [-0.15, -0.1) is 0 Å². The number of alkyl halides is 3. The molecule has 1 N–H and O–H groups in total. The molecule has 3 rings (SSSR count). The Morgan fingerprint density at radius 3 is 2.55 bits per heavy atom. The third-order valence-corrected chi connectivity index (χ3v) is 7.11. The Kier molecular flexibility index (Phi) is 7.69. The fraction of sp³-hybridized carbons (Fsp3) is 0.625. The van der Waals surface area contributed by atoms with Gasteiger partial charge in [-0.2, -0.15) is 13.2 Å². The first kappa shape index (κ1) is 25.1. The van der Waals surface area contributed by atoms with Gasteiger partial charge in [-0.1, -0.05) is 38.8 Å². The molecule has 182 valence electrons. The van der Waals surface area contributed by atoms with Gasteiger partial charge >= 0.3 is 6.18 Å². The molecule has 0 unspecified atom stereocenters. The molecule has 1 aromatic rings. The number of halogens is 3. The summed E-state index contributed by atoms with van der Waals surface area (Å²) < 4.78 is 39.6. The number of nitrogens with zero attached hydrogens (tertiary/aromatic N) is 2. The Bertz CT molecular complexity index is 889. The summed E-state index contributed by atoms with van der Waals surface area (Å²) in [6.07, 6.45) is -1.38. The standard InChI is InChI=1S/C24H32F3N3O3/c1-4-29(14-21(31)28-19-10-6-5-9-18(19)24(25,26)27)23(33)17-12-22(32)30(13-17)20-11-7-8-15(2)16(20)3/h5-6,9-10,15-17,20H,4,7-8,11-14H2,1-3H3,(H,28,31)/t15-,16-,17-,20-/m1/s1. The molecule has 1 heterocycles. The van der Waals surface area contributed by atoms with E-state index in [1.165, 1.54) is 23.1 Å². The van der Waals surface area contributed by atoms with Crippen molar-refractivity contribution in [1.29, 1.82) is 0 Å². The van der Waals surface area contributed by atoms with Gasteiger partial charge in [0.2, 0.25) is 17.7 Å². The van der Waals surface area contributed by atoms with E-state index in [1.54, 1.807) is 6.92 Å². The first-order valence-electron chi connectivity index (χ1n) is 11.6. The summed E-state index contributed by atoms with van der Waals surface area (Å²) >= 11 is 0. The maximum Gasteiger partial charge on any atom is 0.418 e. The monoisotopic (exact) mass is 467 g/mol. The lowest BCUT2D eigenvalue weighted by molar-refractivity contribution is -0.138. The molecule has 1 aromatic carbocycles. The minimum atomic E-state index is -4.61. The largest absolute Gasteiger partial charge is 0.418 e. The van der Waals surface area contributed by atoms with E-state index in [4.69, 9.17) is 0 Å². The SMILES string of the molecule is CCN(CC(=O)Nc1ccccc1C(F)(F)F)C(=O)[C@@H]1CC(=O)N([C@@H]2CCC[C@@H](C)[C@H]2C)C1. The topological polar surface area (TPSA) is 69.7 Å². The predicted octanol–water partition coefficient (Wildman–Crippen LogP) is 4.17. The Hall–Kier alpha value is -2.58. The predicted molar refractivity (Wildman–Crippen MR) is 118 cm³/mol. The molecule has 6 nitrogen and oxygen atoms in total. The normalized spacial score (nSPS) is 25.8. The maximum atomic E-state index is 13.2. The van der Waals surface area contributed by atoms with Crippen LogP contribution in [0.15, 0.2) is 24.3 Å². The van der Waals surface area contributed by atoms with Gasteiger partial charge in [0.1, 0.15) is 0 Å². The van der Waals surface area contributed by atoms with Crippen molar-refractivity contribution in [1.82, 2.24) is 9.80 Å². The number of anilines is 1. The second kappa shape index (κ2) is 10.1. The third kappa shape index (κ3) is 5.68. The molecule has 3 amide bonds. The van der Waals surface area contributed by atoms with Crippen molar-refractivity contribution in [2.24, 2.45) is 17.8 Å². The van der Waals surface area contributed by atoms with Crippen molar-refractivity contribution in [2.45, 2.75) is 58.7 Å². The van der Waals surface area contributed by atoms with E-state index in [0.29, 0.717) is 18.4 Å². The van der Waals surface area contributed by atoms with Crippen LogP contribution >= 0.6 is 0 Å². The number of likely N-dealkylation sites (tertiary alicyclic amines) is 1. The van der Waals surface area contributed by atoms with Gasteiger partial charge in [0.15, 0.2) is 0 Å². The van der Waals surface area contributed by atoms with E-state index in [9.17, 15) is 27.6 Å². The van der Waals surface area contributed by atoms with Crippen molar-refractivity contribution in [3.63, 3.8) is 0 Å². The molecule has 4 atom stereocenters. The minimum Gasteiger partial charge on any atom is -0.339 e. The molecule has 1 aliphatic heterocycles. The number of carbonyl (C=O) groups excluding carboxylic acids is 3. The zero-order valence-electron chi connectivity index (χ0n) is 19.3. The molecule has 0 radical (unpaired) electrons. The number of hydrogen-bond donors (Lipinski definition) is 1. The molecule has 1 aliphatic carbocycles. The number of carbonyl (C=O) groups is 3. The highest BCUT2D eigenvalue weighted by Gasteiger charge is 2.42. The fourth-order valence-electron chi connectivity index (χ4n) is 5.02. The molecule has 2 fully saturated rings.